The molecule has 0 unspecified atom stereocenters. The molecule has 0 saturated heterocycles. The summed E-state index contributed by atoms with van der Waals surface area (Å²) >= 11 is 11.8. The zero-order valence-corrected chi connectivity index (χ0v) is 67.2. The summed E-state index contributed by atoms with van der Waals surface area (Å²) in [5.41, 5.74) is 7.28. The topological polar surface area (TPSA) is 374 Å². The highest BCUT2D eigenvalue weighted by molar-refractivity contribution is 6.30. The van der Waals surface area contributed by atoms with E-state index >= 15 is 0 Å². The van der Waals surface area contributed by atoms with Gasteiger partial charge < -0.3 is 31.0 Å². The van der Waals surface area contributed by atoms with Gasteiger partial charge in [-0.05, 0) is 110 Å². The highest BCUT2D eigenvalue weighted by Gasteiger charge is 2.38. The first-order valence-electron chi connectivity index (χ1n) is 38.6. The molecule has 16 heterocycles. The Kier molecular flexibility index (Phi) is 24.6. The summed E-state index contributed by atoms with van der Waals surface area (Å²) in [6.45, 7) is 0. The monoisotopic (exact) mass is 1750 g/mol. The van der Waals surface area contributed by atoms with Crippen molar-refractivity contribution in [3.63, 3.8) is 0 Å². The van der Waals surface area contributed by atoms with Crippen LogP contribution in [-0.2, 0) is 12.4 Å². The summed E-state index contributed by atoms with van der Waals surface area (Å²) in [5.74, 6) is 3.47. The van der Waals surface area contributed by atoms with Crippen LogP contribution in [0.3, 0.4) is 0 Å². The Morgan fingerprint density at radius 1 is 0.370 bits per heavy atom. The molecule has 18 aromatic rings. The van der Waals surface area contributed by atoms with E-state index in [9.17, 15) is 50.3 Å². The van der Waals surface area contributed by atoms with Crippen LogP contribution in [0.5, 0.6) is 0 Å². The molecule has 2 aromatic carbocycles. The first kappa shape index (κ1) is 84.3. The van der Waals surface area contributed by atoms with E-state index in [-0.39, 0.29) is 57.1 Å². The molecule has 2 aliphatic rings. The van der Waals surface area contributed by atoms with Crippen molar-refractivity contribution in [1.29, 1.82) is 0 Å². The number of rotatable bonds is 15. The Hall–Kier alpha value is -16.4. The fourth-order valence-corrected chi connectivity index (χ4v) is 13.8. The van der Waals surface area contributed by atoms with Crippen LogP contribution in [0.4, 0.5) is 55.4 Å². The van der Waals surface area contributed by atoms with Gasteiger partial charge >= 0.3 is 12.4 Å². The van der Waals surface area contributed by atoms with Crippen LogP contribution < -0.4 is 26.6 Å². The predicted octanol–water partition coefficient (Wildman–Crippen LogP) is 17.3. The second-order valence-electron chi connectivity index (χ2n) is 28.1. The minimum absolute atomic E-state index is 0.00996. The van der Waals surface area contributed by atoms with E-state index in [1.165, 1.54) is 85.1 Å². The van der Waals surface area contributed by atoms with Crippen LogP contribution in [0.25, 0.3) is 62.2 Å². The third kappa shape index (κ3) is 19.4. The van der Waals surface area contributed by atoms with E-state index in [4.69, 9.17) is 39.0 Å². The van der Waals surface area contributed by atoms with Crippen molar-refractivity contribution in [2.45, 2.75) is 62.7 Å². The summed E-state index contributed by atoms with van der Waals surface area (Å²) in [6.07, 6.45) is 26.4. The molecule has 16 aromatic heterocycles. The van der Waals surface area contributed by atoms with Crippen molar-refractivity contribution in [3.05, 3.63) is 329 Å². The average Bonchev–Trinajstić information content (AvgIpc) is 1.63. The number of carbonyl (C=O) groups excluding carboxylic acids is 5. The van der Waals surface area contributed by atoms with Gasteiger partial charge in [0.15, 0.2) is 34.0 Å². The maximum Gasteiger partial charge on any atom is 0.421 e. The number of pyridine rings is 5. The molecule has 20 rings (SSSR count). The molecule has 0 spiro atoms. The number of carbonyl (C=O) groups is 5. The van der Waals surface area contributed by atoms with E-state index in [0.717, 1.165) is 68.3 Å². The molecular formula is C88H63Cl2F6N25O6. The maximum absolute atomic E-state index is 13.3. The molecule has 0 aliphatic heterocycles. The van der Waals surface area contributed by atoms with Gasteiger partial charge in [-0.25, -0.2) is 24.9 Å². The number of anilines is 5. The van der Waals surface area contributed by atoms with E-state index < -0.39 is 46.6 Å². The van der Waals surface area contributed by atoms with Gasteiger partial charge in [-0.3, -0.25) is 48.9 Å². The Bertz CT molecular complexity index is 7080. The Morgan fingerprint density at radius 2 is 0.701 bits per heavy atom. The summed E-state index contributed by atoms with van der Waals surface area (Å²) in [6, 6.07) is 47.1. The Balaban J connectivity index is 0.000000117. The van der Waals surface area contributed by atoms with Crippen molar-refractivity contribution < 1.29 is 54.7 Å². The molecule has 5 N–H and O–H groups in total. The molecule has 31 nitrogen and oxygen atoms in total. The number of aromatic nitrogens is 20. The zero-order valence-electron chi connectivity index (χ0n) is 65.7. The van der Waals surface area contributed by atoms with Crippen molar-refractivity contribution >= 4 is 110 Å². The lowest BCUT2D eigenvalue weighted by molar-refractivity contribution is -0.137. The summed E-state index contributed by atoms with van der Waals surface area (Å²) in [4.78, 5) is 103. The third-order valence-electron chi connectivity index (χ3n) is 19.7. The summed E-state index contributed by atoms with van der Waals surface area (Å²) in [5, 5.41) is 34.3. The van der Waals surface area contributed by atoms with Crippen LogP contribution in [0.2, 0.25) is 10.3 Å². The van der Waals surface area contributed by atoms with Gasteiger partial charge in [0, 0.05) is 115 Å². The van der Waals surface area contributed by atoms with Gasteiger partial charge in [0.2, 0.25) is 0 Å². The van der Waals surface area contributed by atoms with Crippen LogP contribution >= 0.6 is 23.2 Å². The SMILES string of the molecule is C#Cc1cnn2c(NC(=O)c3cccnc3)cc(-c3ccccc3)nc12.O=C(Nc1cc(-c2ccccc2)nc2c(C3CCCC3)cnn12)c1cccnc1.O=C(Nc1cc(-c2ccco2)nc2c(C(F)(F)F)cnn12)c1cccnc1.O=C(Nc1cc(Cl)nc2c(C(F)(F)F)cnn12)c1cccnc1.O=C(Nc1cc(Cl)nc2c(C3CC3)cnn12)c1cccnc1. The summed E-state index contributed by atoms with van der Waals surface area (Å²) < 4.78 is 90.4. The molecule has 0 bridgehead atoms. The molecule has 0 radical (unpaired) electrons. The second-order valence-corrected chi connectivity index (χ2v) is 28.9. The first-order valence-corrected chi connectivity index (χ1v) is 39.4. The lowest BCUT2D eigenvalue weighted by atomic mass is 10.0. The van der Waals surface area contributed by atoms with Crippen LogP contribution in [0, 0.1) is 12.3 Å². The van der Waals surface area contributed by atoms with Crippen molar-refractivity contribution in [1.82, 2.24) is 97.9 Å². The fourth-order valence-electron chi connectivity index (χ4n) is 13.4. The minimum atomic E-state index is -4.65. The standard InChI is InChI=1S/C23H21N5O.C20H13N5O.C17H10F3N5O2.C15H12ClN5O.C13H7ClF3N5O/c29-23(18-11-6-12-24-14-18)27-21-13-20(17-9-2-1-3-10-17)26-22-19(15-25-28(21)22)16-7-4-5-8-16;1-2-14-13-22-25-18(24-20(26)16-9-6-10-21-12-16)11-17(23-19(14)25)15-7-4-3-5-8-15;18-17(19,20)11-9-22-25-14(24-16(26)10-3-1-5-21-8-10)7-12(23-15(11)25)13-4-2-6-27-13;16-12-6-13(20-15(22)10-2-1-5-17-7-10)21-14(19-12)11(8-18-21)9-3-4-9;14-9-4-10(21-12(23)7-2-1-3-18-5-7)22-11(20-9)8(6-19-22)13(15,16)17/h1-3,6,9-16H,4-5,7-8H2,(H,27,29);1,3-13H,(H,24,26);1-9H,(H,24,26);1-2,5-9H,3-4H2,(H,20,22);1-6H,(H,21,23). The normalized spacial score (nSPS) is 12.5. The molecular weight excluding hydrogens is 1690 g/mol. The van der Waals surface area contributed by atoms with Crippen LogP contribution in [-0.4, -0.2) is 127 Å². The lowest BCUT2D eigenvalue weighted by Crippen LogP contribution is -2.16. The van der Waals surface area contributed by atoms with Gasteiger partial charge in [-0.15, -0.1) is 6.42 Å². The lowest BCUT2D eigenvalue weighted by Gasteiger charge is -2.12. The van der Waals surface area contributed by atoms with Gasteiger partial charge in [0.25, 0.3) is 29.5 Å². The molecule has 5 amide bonds. The van der Waals surface area contributed by atoms with E-state index in [1.807, 2.05) is 72.9 Å². The molecule has 632 valence electrons. The van der Waals surface area contributed by atoms with E-state index in [0.29, 0.717) is 86.1 Å². The van der Waals surface area contributed by atoms with E-state index in [1.54, 1.807) is 119 Å². The molecule has 2 saturated carbocycles. The number of benzene rings is 2. The first-order chi connectivity index (χ1) is 61.6. The number of alkyl halides is 6. The number of halogens is 8. The number of hydrogen-bond donors (Lipinski definition) is 5. The van der Waals surface area contributed by atoms with Crippen LogP contribution in [0.1, 0.15) is 130 Å². The Morgan fingerprint density at radius 3 is 1.07 bits per heavy atom. The van der Waals surface area contributed by atoms with Gasteiger partial charge in [0.1, 0.15) is 56.2 Å². The average molecular weight is 1750 g/mol. The molecule has 2 aliphatic carbocycles. The molecule has 0 atom stereocenters. The highest BCUT2D eigenvalue weighted by Crippen LogP contribution is 2.43. The highest BCUT2D eigenvalue weighted by atomic mass is 35.5. The Labute approximate surface area is 723 Å². The van der Waals surface area contributed by atoms with Gasteiger partial charge in [-0.1, -0.05) is 103 Å². The molecule has 127 heavy (non-hydrogen) atoms. The minimum Gasteiger partial charge on any atom is -0.463 e. The predicted molar refractivity (Wildman–Crippen MR) is 456 cm³/mol. The van der Waals surface area contributed by atoms with Gasteiger partial charge in [0.05, 0.1) is 82.0 Å². The smallest absolute Gasteiger partial charge is 0.421 e. The van der Waals surface area contributed by atoms with Crippen LogP contribution in [0.15, 0.2) is 267 Å². The van der Waals surface area contributed by atoms with Crippen molar-refractivity contribution in [3.8, 4) is 46.3 Å². The maximum atomic E-state index is 13.3. The molecule has 39 heteroatoms. The number of amides is 5. The number of hydrogen-bond acceptors (Lipinski definition) is 21. The largest absolute Gasteiger partial charge is 0.463 e. The quantitative estimate of drug-likeness (QED) is 0.0361. The number of nitrogens with zero attached hydrogens (tertiary/aromatic N) is 20. The number of terminal acetylenes is 1. The molecule has 2 fully saturated rings. The number of nitrogens with one attached hydrogen (secondary N) is 5. The second kappa shape index (κ2) is 37.1. The van der Waals surface area contributed by atoms with E-state index in [2.05, 4.69) is 103 Å². The van der Waals surface area contributed by atoms with Gasteiger partial charge in [-0.2, -0.15) is 74.4 Å². The third-order valence-corrected chi connectivity index (χ3v) is 20.1. The summed E-state index contributed by atoms with van der Waals surface area (Å²) in [7, 11) is 0. The number of furan rings is 1. The zero-order chi connectivity index (χ0) is 88.3. The van der Waals surface area contributed by atoms with Crippen molar-refractivity contribution in [2.24, 2.45) is 0 Å². The fraction of sp³-hybridized carbons (Fsp3) is 0.114. The number of fused-ring (bicyclic) bond motifs is 5. The van der Waals surface area contributed by atoms with Crippen molar-refractivity contribution in [2.75, 3.05) is 26.6 Å².